The number of rotatable bonds is 6. The standard InChI is InChI=1S/C22H22FN3O3/c1-4-24-21(27)15(3)29-22(28)19-13-26(18-11-9-17(23)10-12-18)25-20(19)16-7-5-14(2)6-8-16/h5-13,15H,4H2,1-3H3,(H,24,27)/t15-/m0/s1. The van der Waals surface area contributed by atoms with Crippen molar-refractivity contribution in [3.63, 3.8) is 0 Å². The molecule has 3 aromatic rings. The van der Waals surface area contributed by atoms with Gasteiger partial charge in [0, 0.05) is 18.3 Å². The number of halogens is 1. The third-order valence-corrected chi connectivity index (χ3v) is 4.35. The van der Waals surface area contributed by atoms with E-state index < -0.39 is 12.1 Å². The van der Waals surface area contributed by atoms with Crippen LogP contribution in [-0.4, -0.2) is 34.3 Å². The Labute approximate surface area is 168 Å². The Morgan fingerprint density at radius 1 is 1.14 bits per heavy atom. The highest BCUT2D eigenvalue weighted by molar-refractivity contribution is 5.97. The summed E-state index contributed by atoms with van der Waals surface area (Å²) in [6.07, 6.45) is 0.581. The normalized spacial score (nSPS) is 11.7. The average Bonchev–Trinajstić information content (AvgIpc) is 3.14. The predicted octanol–water partition coefficient (Wildman–Crippen LogP) is 3.67. The number of nitrogens with zero attached hydrogens (tertiary/aromatic N) is 2. The van der Waals surface area contributed by atoms with Crippen molar-refractivity contribution in [3.8, 4) is 16.9 Å². The van der Waals surface area contributed by atoms with Crippen LogP contribution in [0.3, 0.4) is 0 Å². The van der Waals surface area contributed by atoms with Gasteiger partial charge in [-0.1, -0.05) is 29.8 Å². The third-order valence-electron chi connectivity index (χ3n) is 4.35. The summed E-state index contributed by atoms with van der Waals surface area (Å²) in [7, 11) is 0. The molecule has 0 aliphatic carbocycles. The number of likely N-dealkylation sites (N-methyl/N-ethyl adjacent to an activating group) is 1. The second-order valence-electron chi connectivity index (χ2n) is 6.62. The van der Waals surface area contributed by atoms with Gasteiger partial charge in [-0.2, -0.15) is 5.10 Å². The minimum absolute atomic E-state index is 0.217. The maximum atomic E-state index is 13.3. The van der Waals surface area contributed by atoms with Gasteiger partial charge in [-0.15, -0.1) is 0 Å². The predicted molar refractivity (Wildman–Crippen MR) is 107 cm³/mol. The number of benzene rings is 2. The molecule has 0 radical (unpaired) electrons. The number of carbonyl (C=O) groups is 2. The zero-order chi connectivity index (χ0) is 21.0. The average molecular weight is 395 g/mol. The largest absolute Gasteiger partial charge is 0.449 e. The summed E-state index contributed by atoms with van der Waals surface area (Å²) in [5.74, 6) is -1.40. The molecule has 1 heterocycles. The van der Waals surface area contributed by atoms with Crippen molar-refractivity contribution in [2.24, 2.45) is 0 Å². The quantitative estimate of drug-likeness (QED) is 0.647. The fraction of sp³-hybridized carbons (Fsp3) is 0.227. The van der Waals surface area contributed by atoms with Crippen molar-refractivity contribution < 1.29 is 18.7 Å². The minimum Gasteiger partial charge on any atom is -0.449 e. The maximum absolute atomic E-state index is 13.3. The Bertz CT molecular complexity index is 1010. The summed E-state index contributed by atoms with van der Waals surface area (Å²) in [4.78, 5) is 24.7. The molecule has 1 atom stereocenters. The molecule has 2 aromatic carbocycles. The summed E-state index contributed by atoms with van der Waals surface area (Å²) < 4.78 is 20.1. The highest BCUT2D eigenvalue weighted by atomic mass is 19.1. The van der Waals surface area contributed by atoms with Gasteiger partial charge < -0.3 is 10.1 Å². The van der Waals surface area contributed by atoms with Gasteiger partial charge in [0.25, 0.3) is 5.91 Å². The molecule has 7 heteroatoms. The molecular formula is C22H22FN3O3. The number of ether oxygens (including phenoxy) is 1. The van der Waals surface area contributed by atoms with Crippen molar-refractivity contribution in [1.29, 1.82) is 0 Å². The molecule has 0 spiro atoms. The van der Waals surface area contributed by atoms with Crippen LogP contribution in [0.25, 0.3) is 16.9 Å². The van der Waals surface area contributed by atoms with Crippen LogP contribution in [0.5, 0.6) is 0 Å². The second kappa shape index (κ2) is 8.68. The van der Waals surface area contributed by atoms with Crippen LogP contribution in [0.4, 0.5) is 4.39 Å². The first-order valence-corrected chi connectivity index (χ1v) is 9.30. The van der Waals surface area contributed by atoms with E-state index in [-0.39, 0.29) is 17.3 Å². The topological polar surface area (TPSA) is 73.2 Å². The van der Waals surface area contributed by atoms with Crippen LogP contribution in [0.1, 0.15) is 29.8 Å². The first-order chi connectivity index (χ1) is 13.9. The van der Waals surface area contributed by atoms with Crippen LogP contribution in [0.2, 0.25) is 0 Å². The highest BCUT2D eigenvalue weighted by Gasteiger charge is 2.24. The van der Waals surface area contributed by atoms with Gasteiger partial charge in [0.1, 0.15) is 17.1 Å². The summed E-state index contributed by atoms with van der Waals surface area (Å²) in [6.45, 7) is 5.70. The monoisotopic (exact) mass is 395 g/mol. The van der Waals surface area contributed by atoms with E-state index in [2.05, 4.69) is 10.4 Å². The van der Waals surface area contributed by atoms with E-state index in [9.17, 15) is 14.0 Å². The number of hydrogen-bond acceptors (Lipinski definition) is 4. The van der Waals surface area contributed by atoms with E-state index in [0.717, 1.165) is 11.1 Å². The van der Waals surface area contributed by atoms with Gasteiger partial charge in [-0.3, -0.25) is 4.79 Å². The molecule has 0 bridgehead atoms. The highest BCUT2D eigenvalue weighted by Crippen LogP contribution is 2.25. The van der Waals surface area contributed by atoms with Gasteiger partial charge in [0.2, 0.25) is 0 Å². The number of hydrogen-bond donors (Lipinski definition) is 1. The number of esters is 1. The van der Waals surface area contributed by atoms with Gasteiger partial charge in [-0.25, -0.2) is 13.9 Å². The number of carbonyl (C=O) groups excluding carboxylic acids is 2. The number of amides is 1. The molecule has 0 saturated carbocycles. The smallest absolute Gasteiger partial charge is 0.342 e. The zero-order valence-corrected chi connectivity index (χ0v) is 16.5. The van der Waals surface area contributed by atoms with Gasteiger partial charge in [-0.05, 0) is 45.0 Å². The maximum Gasteiger partial charge on any atom is 0.342 e. The van der Waals surface area contributed by atoms with Crippen molar-refractivity contribution in [2.45, 2.75) is 26.9 Å². The fourth-order valence-corrected chi connectivity index (χ4v) is 2.77. The number of nitrogens with one attached hydrogen (secondary N) is 1. The van der Waals surface area contributed by atoms with E-state index in [1.165, 1.54) is 29.9 Å². The molecule has 6 nitrogen and oxygen atoms in total. The summed E-state index contributed by atoms with van der Waals surface area (Å²) in [5, 5.41) is 7.13. The van der Waals surface area contributed by atoms with Crippen LogP contribution in [0, 0.1) is 12.7 Å². The molecule has 29 heavy (non-hydrogen) atoms. The summed E-state index contributed by atoms with van der Waals surface area (Å²) >= 11 is 0. The van der Waals surface area contributed by atoms with Crippen LogP contribution >= 0.6 is 0 Å². The van der Waals surface area contributed by atoms with Crippen molar-refractivity contribution >= 4 is 11.9 Å². The van der Waals surface area contributed by atoms with E-state index in [1.54, 1.807) is 19.1 Å². The first-order valence-electron chi connectivity index (χ1n) is 9.30. The Balaban J connectivity index is 1.99. The van der Waals surface area contributed by atoms with Crippen molar-refractivity contribution in [3.05, 3.63) is 71.7 Å². The van der Waals surface area contributed by atoms with Crippen LogP contribution in [0.15, 0.2) is 54.7 Å². The Kier molecular flexibility index (Phi) is 6.07. The van der Waals surface area contributed by atoms with E-state index in [4.69, 9.17) is 4.74 Å². The lowest BCUT2D eigenvalue weighted by atomic mass is 10.1. The molecule has 1 amide bonds. The van der Waals surface area contributed by atoms with E-state index in [0.29, 0.717) is 17.9 Å². The molecule has 0 aliphatic rings. The molecule has 0 fully saturated rings. The minimum atomic E-state index is -0.942. The Hall–Kier alpha value is -3.48. The van der Waals surface area contributed by atoms with Crippen molar-refractivity contribution in [1.82, 2.24) is 15.1 Å². The number of aromatic nitrogens is 2. The SMILES string of the molecule is CCNC(=O)[C@H](C)OC(=O)c1cn(-c2ccc(F)cc2)nc1-c1ccc(C)cc1. The molecule has 0 saturated heterocycles. The molecule has 1 N–H and O–H groups in total. The fourth-order valence-electron chi connectivity index (χ4n) is 2.77. The van der Waals surface area contributed by atoms with Crippen LogP contribution in [-0.2, 0) is 9.53 Å². The molecular weight excluding hydrogens is 373 g/mol. The van der Waals surface area contributed by atoms with Gasteiger partial charge in [0.15, 0.2) is 6.10 Å². The lowest BCUT2D eigenvalue weighted by Gasteiger charge is -2.12. The van der Waals surface area contributed by atoms with E-state index in [1.807, 2.05) is 31.2 Å². The molecule has 0 aliphatic heterocycles. The first kappa shape index (κ1) is 20.3. The second-order valence-corrected chi connectivity index (χ2v) is 6.62. The lowest BCUT2D eigenvalue weighted by molar-refractivity contribution is -0.128. The summed E-state index contributed by atoms with van der Waals surface area (Å²) in [6, 6.07) is 13.3. The van der Waals surface area contributed by atoms with Crippen molar-refractivity contribution in [2.75, 3.05) is 6.54 Å². The van der Waals surface area contributed by atoms with Gasteiger partial charge >= 0.3 is 5.97 Å². The van der Waals surface area contributed by atoms with Crippen LogP contribution < -0.4 is 5.32 Å². The Morgan fingerprint density at radius 2 is 1.79 bits per heavy atom. The summed E-state index contributed by atoms with van der Waals surface area (Å²) in [5.41, 5.74) is 3.03. The van der Waals surface area contributed by atoms with E-state index >= 15 is 0 Å². The molecule has 1 aromatic heterocycles. The molecule has 3 rings (SSSR count). The van der Waals surface area contributed by atoms with Gasteiger partial charge in [0.05, 0.1) is 5.69 Å². The third kappa shape index (κ3) is 4.68. The molecule has 0 unspecified atom stereocenters. The Morgan fingerprint density at radius 3 is 2.41 bits per heavy atom. The number of aryl methyl sites for hydroxylation is 1. The zero-order valence-electron chi connectivity index (χ0n) is 16.5. The lowest BCUT2D eigenvalue weighted by Crippen LogP contribution is -2.35. The molecule has 150 valence electrons.